The van der Waals surface area contributed by atoms with Crippen LogP contribution in [0.2, 0.25) is 0 Å². The molecule has 8 heteroatoms. The Bertz CT molecular complexity index is 815. The second-order valence-corrected chi connectivity index (χ2v) is 6.71. The van der Waals surface area contributed by atoms with E-state index in [0.29, 0.717) is 37.6 Å². The second kappa shape index (κ2) is 8.18. The maximum Gasteiger partial charge on any atom is 0.416 e. The quantitative estimate of drug-likeness (QED) is 0.795. The first-order chi connectivity index (χ1) is 13.3. The molecule has 0 spiro atoms. The Labute approximate surface area is 160 Å². The van der Waals surface area contributed by atoms with E-state index in [0.717, 1.165) is 12.1 Å². The van der Waals surface area contributed by atoms with Crippen molar-refractivity contribution in [3.05, 3.63) is 59.9 Å². The van der Waals surface area contributed by atoms with Gasteiger partial charge in [-0.05, 0) is 43.3 Å². The number of carbonyl (C=O) groups excluding carboxylic acids is 1. The maximum atomic E-state index is 13.9. The molecule has 2 aromatic rings. The summed E-state index contributed by atoms with van der Waals surface area (Å²) in [5.41, 5.74) is 0.0988. The summed E-state index contributed by atoms with van der Waals surface area (Å²) in [6, 6.07) is 10.5. The number of nitrogens with one attached hydrogen (secondary N) is 1. The monoisotopic (exact) mass is 395 g/mol. The third-order valence-corrected chi connectivity index (χ3v) is 4.91. The van der Waals surface area contributed by atoms with E-state index < -0.39 is 17.8 Å². The molecule has 1 aliphatic heterocycles. The molecule has 0 saturated carbocycles. The summed E-state index contributed by atoms with van der Waals surface area (Å²) in [5.74, 6) is -0.567. The van der Waals surface area contributed by atoms with Crippen molar-refractivity contribution in [2.24, 2.45) is 0 Å². The summed E-state index contributed by atoms with van der Waals surface area (Å²) in [7, 11) is 0. The van der Waals surface area contributed by atoms with Crippen LogP contribution in [0, 0.1) is 5.82 Å². The molecule has 0 aromatic heterocycles. The summed E-state index contributed by atoms with van der Waals surface area (Å²) in [4.78, 5) is 16.4. The van der Waals surface area contributed by atoms with Crippen LogP contribution in [-0.2, 0) is 11.0 Å². The number of para-hydroxylation sites is 1. The standard InChI is InChI=1S/C20H21F4N3O/c1-14(19(28)25-16-8-6-15(7-9-16)20(22,23)24)26-10-12-27(13-11-26)18-5-3-2-4-17(18)21/h2-9,14H,10-13H2,1H3,(H,25,28). The summed E-state index contributed by atoms with van der Waals surface area (Å²) >= 11 is 0. The van der Waals surface area contributed by atoms with E-state index in [-0.39, 0.29) is 11.7 Å². The van der Waals surface area contributed by atoms with Crippen LogP contribution in [0.25, 0.3) is 0 Å². The highest BCUT2D eigenvalue weighted by Gasteiger charge is 2.30. The van der Waals surface area contributed by atoms with Gasteiger partial charge in [-0.2, -0.15) is 13.2 Å². The first kappa shape index (κ1) is 20.1. The van der Waals surface area contributed by atoms with E-state index in [1.165, 1.54) is 18.2 Å². The Kier molecular flexibility index (Phi) is 5.88. The molecule has 1 unspecified atom stereocenters. The van der Waals surface area contributed by atoms with Crippen LogP contribution in [-0.4, -0.2) is 43.0 Å². The largest absolute Gasteiger partial charge is 0.416 e. The van der Waals surface area contributed by atoms with E-state index in [4.69, 9.17) is 0 Å². The second-order valence-electron chi connectivity index (χ2n) is 6.71. The summed E-state index contributed by atoms with van der Waals surface area (Å²) in [6.07, 6.45) is -4.41. The van der Waals surface area contributed by atoms with Gasteiger partial charge in [0.15, 0.2) is 0 Å². The van der Waals surface area contributed by atoms with Gasteiger partial charge in [0, 0.05) is 31.9 Å². The van der Waals surface area contributed by atoms with Gasteiger partial charge in [0.2, 0.25) is 5.91 Å². The van der Waals surface area contributed by atoms with Crippen molar-refractivity contribution in [1.29, 1.82) is 0 Å². The number of halogens is 4. The first-order valence-electron chi connectivity index (χ1n) is 8.97. The van der Waals surface area contributed by atoms with E-state index in [9.17, 15) is 22.4 Å². The summed E-state index contributed by atoms with van der Waals surface area (Å²) in [6.45, 7) is 4.07. The number of nitrogens with zero attached hydrogens (tertiary/aromatic N) is 2. The Hall–Kier alpha value is -2.61. The van der Waals surface area contributed by atoms with Crippen LogP contribution in [0.3, 0.4) is 0 Å². The van der Waals surface area contributed by atoms with Gasteiger partial charge in [0.25, 0.3) is 0 Å². The van der Waals surface area contributed by atoms with Gasteiger partial charge in [-0.1, -0.05) is 12.1 Å². The summed E-state index contributed by atoms with van der Waals surface area (Å²) < 4.78 is 51.7. The number of amides is 1. The van der Waals surface area contributed by atoms with Crippen molar-refractivity contribution < 1.29 is 22.4 Å². The fraction of sp³-hybridized carbons (Fsp3) is 0.350. The molecule has 1 heterocycles. The van der Waals surface area contributed by atoms with Gasteiger partial charge in [-0.15, -0.1) is 0 Å². The van der Waals surface area contributed by atoms with Crippen molar-refractivity contribution in [3.63, 3.8) is 0 Å². The van der Waals surface area contributed by atoms with Gasteiger partial charge in [-0.3, -0.25) is 9.69 Å². The Morgan fingerprint density at radius 2 is 1.61 bits per heavy atom. The number of hydrogen-bond acceptors (Lipinski definition) is 3. The average Bonchev–Trinajstić information content (AvgIpc) is 2.67. The van der Waals surface area contributed by atoms with Gasteiger partial charge in [0.1, 0.15) is 5.82 Å². The molecule has 1 N–H and O–H groups in total. The number of piperazine rings is 1. The van der Waals surface area contributed by atoms with Crippen LogP contribution in [0.15, 0.2) is 48.5 Å². The molecule has 28 heavy (non-hydrogen) atoms. The molecule has 1 fully saturated rings. The highest BCUT2D eigenvalue weighted by molar-refractivity contribution is 5.94. The highest BCUT2D eigenvalue weighted by Crippen LogP contribution is 2.30. The number of rotatable bonds is 4. The van der Waals surface area contributed by atoms with Crippen LogP contribution in [0.1, 0.15) is 12.5 Å². The van der Waals surface area contributed by atoms with Crippen LogP contribution >= 0.6 is 0 Å². The van der Waals surface area contributed by atoms with Crippen LogP contribution in [0.4, 0.5) is 28.9 Å². The third-order valence-electron chi connectivity index (χ3n) is 4.91. The zero-order valence-corrected chi connectivity index (χ0v) is 15.3. The van der Waals surface area contributed by atoms with Crippen molar-refractivity contribution in [3.8, 4) is 0 Å². The lowest BCUT2D eigenvalue weighted by Crippen LogP contribution is -2.53. The first-order valence-corrected chi connectivity index (χ1v) is 8.97. The lowest BCUT2D eigenvalue weighted by molar-refractivity contribution is -0.137. The molecule has 0 aliphatic carbocycles. The van der Waals surface area contributed by atoms with Crippen LogP contribution < -0.4 is 10.2 Å². The van der Waals surface area contributed by atoms with Gasteiger partial charge in [0.05, 0.1) is 17.3 Å². The molecule has 3 rings (SSSR count). The minimum absolute atomic E-state index is 0.274. The van der Waals surface area contributed by atoms with E-state index >= 15 is 0 Å². The minimum Gasteiger partial charge on any atom is -0.367 e. The zero-order chi connectivity index (χ0) is 20.3. The van der Waals surface area contributed by atoms with E-state index in [1.54, 1.807) is 25.1 Å². The van der Waals surface area contributed by atoms with Gasteiger partial charge >= 0.3 is 6.18 Å². The lowest BCUT2D eigenvalue weighted by Gasteiger charge is -2.38. The molecule has 150 valence electrons. The molecule has 2 aromatic carbocycles. The number of carbonyl (C=O) groups is 1. The normalized spacial score (nSPS) is 16.7. The molecule has 4 nitrogen and oxygen atoms in total. The Morgan fingerprint density at radius 3 is 2.18 bits per heavy atom. The van der Waals surface area contributed by atoms with Crippen molar-refractivity contribution in [2.75, 3.05) is 36.4 Å². The van der Waals surface area contributed by atoms with Gasteiger partial charge in [-0.25, -0.2) is 4.39 Å². The fourth-order valence-electron chi connectivity index (χ4n) is 3.21. The van der Waals surface area contributed by atoms with Gasteiger partial charge < -0.3 is 10.2 Å². The Balaban J connectivity index is 1.55. The smallest absolute Gasteiger partial charge is 0.367 e. The molecule has 0 bridgehead atoms. The molecule has 1 aliphatic rings. The highest BCUT2D eigenvalue weighted by atomic mass is 19.4. The topological polar surface area (TPSA) is 35.6 Å². The molecular weight excluding hydrogens is 374 g/mol. The average molecular weight is 395 g/mol. The zero-order valence-electron chi connectivity index (χ0n) is 15.3. The fourth-order valence-corrected chi connectivity index (χ4v) is 3.21. The number of benzene rings is 2. The molecule has 1 atom stereocenters. The predicted octanol–water partition coefficient (Wildman–Crippen LogP) is 3.99. The van der Waals surface area contributed by atoms with E-state index in [1.807, 2.05) is 9.80 Å². The van der Waals surface area contributed by atoms with E-state index in [2.05, 4.69) is 5.32 Å². The SMILES string of the molecule is CC(C(=O)Nc1ccc(C(F)(F)F)cc1)N1CCN(c2ccccc2F)CC1. The third kappa shape index (κ3) is 4.62. The van der Waals surface area contributed by atoms with Crippen molar-refractivity contribution >= 4 is 17.3 Å². The molecule has 1 amide bonds. The molecular formula is C20H21F4N3O. The van der Waals surface area contributed by atoms with Crippen molar-refractivity contribution in [1.82, 2.24) is 4.90 Å². The molecule has 0 radical (unpaired) electrons. The lowest BCUT2D eigenvalue weighted by atomic mass is 10.1. The Morgan fingerprint density at radius 1 is 1.00 bits per heavy atom. The minimum atomic E-state index is -4.41. The summed E-state index contributed by atoms with van der Waals surface area (Å²) in [5, 5.41) is 2.65. The predicted molar refractivity (Wildman–Crippen MR) is 99.7 cm³/mol. The van der Waals surface area contributed by atoms with Crippen LogP contribution in [0.5, 0.6) is 0 Å². The maximum absolute atomic E-state index is 13.9. The molecule has 1 saturated heterocycles. The number of anilines is 2. The number of alkyl halides is 3. The number of hydrogen-bond donors (Lipinski definition) is 1. The van der Waals surface area contributed by atoms with Crippen molar-refractivity contribution in [2.45, 2.75) is 19.1 Å².